The fourth-order valence-corrected chi connectivity index (χ4v) is 2.89. The zero-order valence-corrected chi connectivity index (χ0v) is 16.0. The first-order chi connectivity index (χ1) is 14.0. The average Bonchev–Trinajstić information content (AvgIpc) is 3.33. The molecule has 0 aliphatic rings. The van der Waals surface area contributed by atoms with Crippen molar-refractivity contribution < 1.29 is 14.1 Å². The fraction of sp³-hybridized carbons (Fsp3) is 0.100. The number of carbonyl (C=O) groups excluding carboxylic acids is 1. The number of H-pyrrole nitrogens is 1. The van der Waals surface area contributed by atoms with Crippen LogP contribution in [0.5, 0.6) is 0 Å². The topological polar surface area (TPSA) is 103 Å². The molecule has 0 amide bonds. The maximum absolute atomic E-state index is 12.3. The van der Waals surface area contributed by atoms with Crippen LogP contribution in [0.15, 0.2) is 64.0 Å². The summed E-state index contributed by atoms with van der Waals surface area (Å²) in [5.74, 6) is 0.0136. The van der Waals surface area contributed by atoms with E-state index in [1.807, 2.05) is 6.92 Å². The number of hydrogen-bond donors (Lipinski definition) is 1. The molecule has 0 aliphatic heterocycles. The molecule has 0 bridgehead atoms. The molecule has 2 heterocycles. The van der Waals surface area contributed by atoms with Crippen LogP contribution in [0.2, 0.25) is 5.02 Å². The van der Waals surface area contributed by atoms with Crippen LogP contribution in [-0.2, 0) is 11.3 Å². The van der Waals surface area contributed by atoms with Gasteiger partial charge in [0, 0.05) is 22.5 Å². The van der Waals surface area contributed by atoms with Crippen molar-refractivity contribution in [1.29, 1.82) is 0 Å². The van der Waals surface area contributed by atoms with Gasteiger partial charge < -0.3 is 14.2 Å². The van der Waals surface area contributed by atoms with E-state index >= 15 is 0 Å². The van der Waals surface area contributed by atoms with E-state index in [0.29, 0.717) is 22.1 Å². The number of nitrogens with one attached hydrogen (secondary N) is 1. The van der Waals surface area contributed by atoms with Crippen molar-refractivity contribution in [3.8, 4) is 17.1 Å². The minimum atomic E-state index is -0.541. The van der Waals surface area contributed by atoms with Crippen molar-refractivity contribution in [1.82, 2.24) is 19.7 Å². The average molecular weight is 411 g/mol. The standard InChI is InChI=1S/C20H15ClN4O4/c1-12-10-22-20(27)25(12)16-8-4-14(5-9-16)19(26)28-11-17-23-18(24-29-17)13-2-6-15(21)7-3-13/h2-10H,11H2,1H3,(H,22,27). The predicted octanol–water partition coefficient (Wildman–Crippen LogP) is 3.53. The van der Waals surface area contributed by atoms with E-state index in [9.17, 15) is 9.59 Å². The van der Waals surface area contributed by atoms with Crippen LogP contribution in [0.25, 0.3) is 17.1 Å². The molecule has 0 radical (unpaired) electrons. The summed E-state index contributed by atoms with van der Waals surface area (Å²) in [4.78, 5) is 30.9. The van der Waals surface area contributed by atoms with Gasteiger partial charge in [-0.1, -0.05) is 16.8 Å². The predicted molar refractivity (Wildman–Crippen MR) is 105 cm³/mol. The number of carbonyl (C=O) groups is 1. The molecule has 146 valence electrons. The molecular formula is C20H15ClN4O4. The summed E-state index contributed by atoms with van der Waals surface area (Å²) in [5.41, 5.74) is 2.24. The van der Waals surface area contributed by atoms with E-state index in [-0.39, 0.29) is 18.2 Å². The van der Waals surface area contributed by atoms with E-state index in [1.165, 1.54) is 4.57 Å². The van der Waals surface area contributed by atoms with Gasteiger partial charge in [0.2, 0.25) is 5.82 Å². The molecule has 2 aromatic carbocycles. The molecule has 4 rings (SSSR count). The minimum absolute atomic E-state index is 0.155. The molecule has 2 aromatic heterocycles. The third kappa shape index (κ3) is 3.97. The third-order valence-electron chi connectivity index (χ3n) is 4.22. The van der Waals surface area contributed by atoms with Gasteiger partial charge in [-0.05, 0) is 55.5 Å². The number of ether oxygens (including phenoxy) is 1. The van der Waals surface area contributed by atoms with Crippen molar-refractivity contribution in [2.75, 3.05) is 0 Å². The number of aromatic nitrogens is 4. The lowest BCUT2D eigenvalue weighted by Gasteiger charge is -2.06. The van der Waals surface area contributed by atoms with Crippen LogP contribution in [0, 0.1) is 6.92 Å². The number of halogens is 1. The summed E-state index contributed by atoms with van der Waals surface area (Å²) < 4.78 is 11.9. The van der Waals surface area contributed by atoms with Crippen LogP contribution in [0.3, 0.4) is 0 Å². The Morgan fingerprint density at radius 3 is 2.55 bits per heavy atom. The molecule has 8 nitrogen and oxygen atoms in total. The Balaban J connectivity index is 1.41. The number of nitrogens with zero attached hydrogens (tertiary/aromatic N) is 3. The Hall–Kier alpha value is -3.65. The van der Waals surface area contributed by atoms with Gasteiger partial charge in [-0.3, -0.25) is 4.57 Å². The Bertz CT molecular complexity index is 1210. The van der Waals surface area contributed by atoms with Crippen molar-refractivity contribution >= 4 is 17.6 Å². The largest absolute Gasteiger partial charge is 0.452 e. The maximum Gasteiger partial charge on any atom is 0.338 e. The van der Waals surface area contributed by atoms with Gasteiger partial charge in [0.15, 0.2) is 6.61 Å². The number of hydrogen-bond acceptors (Lipinski definition) is 6. The first-order valence-electron chi connectivity index (χ1n) is 8.64. The zero-order valence-electron chi connectivity index (χ0n) is 15.3. The number of esters is 1. The number of aryl methyl sites for hydroxylation is 1. The van der Waals surface area contributed by atoms with E-state index in [2.05, 4.69) is 15.1 Å². The quantitative estimate of drug-likeness (QED) is 0.505. The first kappa shape index (κ1) is 18.7. The Morgan fingerprint density at radius 1 is 1.17 bits per heavy atom. The first-order valence-corrected chi connectivity index (χ1v) is 9.02. The number of aromatic amines is 1. The molecule has 0 atom stereocenters. The molecule has 0 unspecified atom stereocenters. The van der Waals surface area contributed by atoms with E-state index < -0.39 is 5.97 Å². The van der Waals surface area contributed by atoms with Crippen molar-refractivity contribution in [2.24, 2.45) is 0 Å². The van der Waals surface area contributed by atoms with Gasteiger partial charge in [0.05, 0.1) is 11.3 Å². The molecule has 0 saturated heterocycles. The summed E-state index contributed by atoms with van der Waals surface area (Å²) in [6.07, 6.45) is 1.62. The van der Waals surface area contributed by atoms with Gasteiger partial charge in [-0.25, -0.2) is 9.59 Å². The molecule has 0 aliphatic carbocycles. The molecule has 4 aromatic rings. The van der Waals surface area contributed by atoms with Crippen molar-refractivity contribution in [3.05, 3.63) is 87.4 Å². The van der Waals surface area contributed by atoms with Crippen LogP contribution >= 0.6 is 11.6 Å². The normalized spacial score (nSPS) is 10.8. The highest BCUT2D eigenvalue weighted by Crippen LogP contribution is 2.19. The highest BCUT2D eigenvalue weighted by Gasteiger charge is 2.13. The van der Waals surface area contributed by atoms with Gasteiger partial charge in [-0.2, -0.15) is 4.98 Å². The Kier molecular flexibility index (Phi) is 5.01. The Labute approximate surface area is 169 Å². The second-order valence-corrected chi connectivity index (χ2v) is 6.65. The lowest BCUT2D eigenvalue weighted by Crippen LogP contribution is -2.16. The molecule has 0 fully saturated rings. The highest BCUT2D eigenvalue weighted by atomic mass is 35.5. The van der Waals surface area contributed by atoms with E-state index in [1.54, 1.807) is 54.7 Å². The fourth-order valence-electron chi connectivity index (χ4n) is 2.76. The smallest absolute Gasteiger partial charge is 0.338 e. The van der Waals surface area contributed by atoms with Gasteiger partial charge >= 0.3 is 11.7 Å². The summed E-state index contributed by atoms with van der Waals surface area (Å²) in [6, 6.07) is 13.5. The maximum atomic E-state index is 12.3. The molecule has 0 saturated carbocycles. The van der Waals surface area contributed by atoms with Crippen molar-refractivity contribution in [2.45, 2.75) is 13.5 Å². The number of benzene rings is 2. The SMILES string of the molecule is Cc1c[nH]c(=O)n1-c1ccc(C(=O)OCc2nc(-c3ccc(Cl)cc3)no2)cc1. The van der Waals surface area contributed by atoms with Gasteiger partial charge in [0.25, 0.3) is 5.89 Å². The van der Waals surface area contributed by atoms with Crippen LogP contribution in [-0.4, -0.2) is 25.7 Å². The van der Waals surface area contributed by atoms with Gasteiger partial charge in [0.1, 0.15) is 0 Å². The third-order valence-corrected chi connectivity index (χ3v) is 4.47. The minimum Gasteiger partial charge on any atom is -0.452 e. The second kappa shape index (κ2) is 7.76. The van der Waals surface area contributed by atoms with Gasteiger partial charge in [-0.15, -0.1) is 0 Å². The highest BCUT2D eigenvalue weighted by molar-refractivity contribution is 6.30. The summed E-state index contributed by atoms with van der Waals surface area (Å²) in [6.45, 7) is 1.65. The number of rotatable bonds is 5. The molecule has 0 spiro atoms. The lowest BCUT2D eigenvalue weighted by molar-refractivity contribution is 0.0430. The van der Waals surface area contributed by atoms with Crippen LogP contribution in [0.1, 0.15) is 21.9 Å². The van der Waals surface area contributed by atoms with E-state index in [4.69, 9.17) is 20.9 Å². The van der Waals surface area contributed by atoms with Crippen LogP contribution in [0.4, 0.5) is 0 Å². The molecular weight excluding hydrogens is 396 g/mol. The van der Waals surface area contributed by atoms with E-state index in [0.717, 1.165) is 11.3 Å². The molecule has 1 N–H and O–H groups in total. The zero-order chi connectivity index (χ0) is 20.4. The van der Waals surface area contributed by atoms with Crippen molar-refractivity contribution in [3.63, 3.8) is 0 Å². The number of imidazole rings is 1. The monoisotopic (exact) mass is 410 g/mol. The lowest BCUT2D eigenvalue weighted by atomic mass is 10.2. The molecule has 29 heavy (non-hydrogen) atoms. The Morgan fingerprint density at radius 2 is 1.90 bits per heavy atom. The molecule has 9 heteroatoms. The summed E-state index contributed by atoms with van der Waals surface area (Å²) in [5, 5.41) is 4.47. The summed E-state index contributed by atoms with van der Waals surface area (Å²) >= 11 is 5.86. The van der Waals surface area contributed by atoms with Crippen LogP contribution < -0.4 is 5.69 Å². The summed E-state index contributed by atoms with van der Waals surface area (Å²) in [7, 11) is 0. The second-order valence-electron chi connectivity index (χ2n) is 6.21.